The first-order chi connectivity index (χ1) is 10.1. The lowest BCUT2D eigenvalue weighted by atomic mass is 9.98. The summed E-state index contributed by atoms with van der Waals surface area (Å²) in [7, 11) is 0. The van der Waals surface area contributed by atoms with Gasteiger partial charge in [-0.05, 0) is 42.8 Å². The molecule has 1 aromatic rings. The molecule has 0 amide bonds. The summed E-state index contributed by atoms with van der Waals surface area (Å²) >= 11 is 4.67. The molecule has 0 aliphatic heterocycles. The normalized spacial score (nSPS) is 16.2. The van der Waals surface area contributed by atoms with Crippen LogP contribution in [0.2, 0.25) is 0 Å². The van der Waals surface area contributed by atoms with Crippen molar-refractivity contribution in [3.05, 3.63) is 35.1 Å². The van der Waals surface area contributed by atoms with Crippen LogP contribution in [-0.2, 0) is 11.3 Å². The van der Waals surface area contributed by atoms with Gasteiger partial charge in [0.25, 0.3) is 0 Å². The van der Waals surface area contributed by atoms with Crippen LogP contribution in [0.3, 0.4) is 0 Å². The van der Waals surface area contributed by atoms with E-state index < -0.39 is 0 Å². The van der Waals surface area contributed by atoms with E-state index in [0.717, 1.165) is 24.0 Å². The fourth-order valence-corrected chi connectivity index (χ4v) is 2.48. The molecule has 0 bridgehead atoms. The number of halogens is 1. The van der Waals surface area contributed by atoms with Gasteiger partial charge in [-0.1, -0.05) is 25.3 Å². The molecule has 6 heteroatoms. The fraction of sp³-hybridized carbons (Fsp3) is 0.467. The first-order valence-electron chi connectivity index (χ1n) is 7.13. The Morgan fingerprint density at radius 3 is 2.90 bits per heavy atom. The summed E-state index contributed by atoms with van der Waals surface area (Å²) in [5, 5.41) is 4.00. The Hall–Kier alpha value is -1.53. The zero-order valence-corrected chi connectivity index (χ0v) is 12.7. The number of hydrogen-bond donors (Lipinski definition) is 2. The van der Waals surface area contributed by atoms with E-state index >= 15 is 0 Å². The largest absolute Gasteiger partial charge is 0.375 e. The lowest BCUT2D eigenvalue weighted by Crippen LogP contribution is -2.24. The predicted octanol–water partition coefficient (Wildman–Crippen LogP) is 2.84. The average Bonchev–Trinajstić information content (AvgIpc) is 2.48. The van der Waals surface area contributed by atoms with Gasteiger partial charge >= 0.3 is 0 Å². The van der Waals surface area contributed by atoms with Gasteiger partial charge in [-0.25, -0.2) is 4.39 Å². The van der Waals surface area contributed by atoms with Crippen LogP contribution in [0.4, 0.5) is 4.39 Å². The van der Waals surface area contributed by atoms with Crippen molar-refractivity contribution in [3.8, 4) is 0 Å². The summed E-state index contributed by atoms with van der Waals surface area (Å²) in [6.45, 7) is 0.386. The highest BCUT2D eigenvalue weighted by molar-refractivity contribution is 7.80. The standard InChI is InChI=1S/C15H20FN3OS/c16-13-7-6-11(9-18-19-15(17)21)12(8-13)10-20-14-4-2-1-3-5-14/h6-9,14H,1-5,10H2,(H3,17,19,21). The minimum atomic E-state index is -0.281. The molecule has 0 aromatic heterocycles. The van der Waals surface area contributed by atoms with Crippen LogP contribution >= 0.6 is 12.2 Å². The van der Waals surface area contributed by atoms with Crippen molar-refractivity contribution in [1.82, 2.24) is 5.43 Å². The van der Waals surface area contributed by atoms with Crippen molar-refractivity contribution in [2.24, 2.45) is 10.8 Å². The monoisotopic (exact) mass is 309 g/mol. The summed E-state index contributed by atoms with van der Waals surface area (Å²) in [5.41, 5.74) is 9.34. The minimum absolute atomic E-state index is 0.0911. The quantitative estimate of drug-likeness (QED) is 0.499. The molecule has 1 aliphatic carbocycles. The molecule has 0 heterocycles. The predicted molar refractivity (Wildman–Crippen MR) is 85.6 cm³/mol. The topological polar surface area (TPSA) is 59.6 Å². The molecule has 4 nitrogen and oxygen atoms in total. The van der Waals surface area contributed by atoms with E-state index in [-0.39, 0.29) is 17.0 Å². The molecule has 1 fully saturated rings. The summed E-state index contributed by atoms with van der Waals surface area (Å²) < 4.78 is 19.3. The van der Waals surface area contributed by atoms with E-state index in [1.165, 1.54) is 31.4 Å². The summed E-state index contributed by atoms with van der Waals surface area (Å²) in [6.07, 6.45) is 7.71. The molecule has 1 aromatic carbocycles. The second-order valence-corrected chi connectivity index (χ2v) is 5.59. The molecule has 1 aliphatic rings. The molecule has 114 valence electrons. The SMILES string of the molecule is NC(=S)NN=Cc1ccc(F)cc1COC1CCCCC1. The molecular weight excluding hydrogens is 289 g/mol. The highest BCUT2D eigenvalue weighted by Gasteiger charge is 2.14. The van der Waals surface area contributed by atoms with Gasteiger partial charge < -0.3 is 10.5 Å². The van der Waals surface area contributed by atoms with Crippen LogP contribution in [0, 0.1) is 5.82 Å². The van der Waals surface area contributed by atoms with Crippen molar-refractivity contribution >= 4 is 23.5 Å². The van der Waals surface area contributed by atoms with Crippen molar-refractivity contribution in [2.75, 3.05) is 0 Å². The van der Waals surface area contributed by atoms with Crippen molar-refractivity contribution < 1.29 is 9.13 Å². The Bertz CT molecular complexity index is 516. The molecule has 3 N–H and O–H groups in total. The molecular formula is C15H20FN3OS. The van der Waals surface area contributed by atoms with Crippen molar-refractivity contribution in [1.29, 1.82) is 0 Å². The molecule has 1 saturated carbocycles. The maximum absolute atomic E-state index is 13.4. The first kappa shape index (κ1) is 15.9. The van der Waals surface area contributed by atoms with Gasteiger partial charge in [0.2, 0.25) is 0 Å². The average molecular weight is 309 g/mol. The van der Waals surface area contributed by atoms with Gasteiger partial charge in [0.15, 0.2) is 5.11 Å². The van der Waals surface area contributed by atoms with Crippen LogP contribution < -0.4 is 11.2 Å². The maximum Gasteiger partial charge on any atom is 0.184 e. The number of nitrogens with one attached hydrogen (secondary N) is 1. The van der Waals surface area contributed by atoms with Crippen LogP contribution in [-0.4, -0.2) is 17.4 Å². The fourth-order valence-electron chi connectivity index (χ4n) is 2.43. The number of hydrazone groups is 1. The Kier molecular flexibility index (Phi) is 6.07. The van der Waals surface area contributed by atoms with Gasteiger partial charge in [-0.3, -0.25) is 5.43 Å². The molecule has 0 radical (unpaired) electrons. The first-order valence-corrected chi connectivity index (χ1v) is 7.54. The number of hydrogen-bond acceptors (Lipinski definition) is 3. The van der Waals surface area contributed by atoms with Crippen LogP contribution in [0.5, 0.6) is 0 Å². The van der Waals surface area contributed by atoms with Gasteiger partial charge in [0.1, 0.15) is 5.82 Å². The third-order valence-electron chi connectivity index (χ3n) is 3.51. The van der Waals surface area contributed by atoms with Crippen molar-refractivity contribution in [2.45, 2.75) is 44.8 Å². The molecule has 0 unspecified atom stereocenters. The number of nitrogens with zero attached hydrogens (tertiary/aromatic N) is 1. The zero-order valence-electron chi connectivity index (χ0n) is 11.8. The van der Waals surface area contributed by atoms with Gasteiger partial charge in [-0.2, -0.15) is 5.10 Å². The van der Waals surface area contributed by atoms with Crippen LogP contribution in [0.25, 0.3) is 0 Å². The maximum atomic E-state index is 13.4. The van der Waals surface area contributed by atoms with E-state index in [1.807, 2.05) is 0 Å². The zero-order chi connectivity index (χ0) is 15.1. The number of rotatable bonds is 5. The molecule has 2 rings (SSSR count). The Morgan fingerprint density at radius 1 is 1.43 bits per heavy atom. The summed E-state index contributed by atoms with van der Waals surface area (Å²) in [5.74, 6) is -0.281. The molecule has 21 heavy (non-hydrogen) atoms. The highest BCUT2D eigenvalue weighted by atomic mass is 32.1. The second kappa shape index (κ2) is 8.05. The van der Waals surface area contributed by atoms with Crippen molar-refractivity contribution in [3.63, 3.8) is 0 Å². The van der Waals surface area contributed by atoms with Gasteiger partial charge in [0, 0.05) is 5.56 Å². The van der Waals surface area contributed by atoms with E-state index in [4.69, 9.17) is 10.5 Å². The van der Waals surface area contributed by atoms with E-state index in [2.05, 4.69) is 22.7 Å². The van der Waals surface area contributed by atoms with E-state index in [9.17, 15) is 4.39 Å². The lowest BCUT2D eigenvalue weighted by molar-refractivity contribution is 0.0167. The van der Waals surface area contributed by atoms with E-state index in [0.29, 0.717) is 6.61 Å². The lowest BCUT2D eigenvalue weighted by Gasteiger charge is -2.22. The third kappa shape index (κ3) is 5.40. The third-order valence-corrected chi connectivity index (χ3v) is 3.60. The van der Waals surface area contributed by atoms with Crippen LogP contribution in [0.15, 0.2) is 23.3 Å². The Morgan fingerprint density at radius 2 is 2.19 bits per heavy atom. The molecule has 0 atom stereocenters. The van der Waals surface area contributed by atoms with E-state index in [1.54, 1.807) is 12.3 Å². The summed E-state index contributed by atoms with van der Waals surface area (Å²) in [4.78, 5) is 0. The number of benzene rings is 1. The number of ether oxygens (including phenoxy) is 1. The molecule has 0 spiro atoms. The van der Waals surface area contributed by atoms with Gasteiger partial charge in [-0.15, -0.1) is 0 Å². The Balaban J connectivity index is 2.00. The smallest absolute Gasteiger partial charge is 0.184 e. The van der Waals surface area contributed by atoms with Gasteiger partial charge in [0.05, 0.1) is 18.9 Å². The number of thiocarbonyl (C=S) groups is 1. The minimum Gasteiger partial charge on any atom is -0.375 e. The highest BCUT2D eigenvalue weighted by Crippen LogP contribution is 2.22. The van der Waals surface area contributed by atoms with Crippen LogP contribution in [0.1, 0.15) is 43.2 Å². The number of nitrogens with two attached hydrogens (primary N) is 1. The second-order valence-electron chi connectivity index (χ2n) is 5.15. The Labute approximate surface area is 129 Å². The molecule has 0 saturated heterocycles. The summed E-state index contributed by atoms with van der Waals surface area (Å²) in [6, 6.07) is 4.54.